The molecule has 2 N–H and O–H groups in total. The van der Waals surface area contributed by atoms with Gasteiger partial charge >= 0.3 is 0 Å². The molecule has 2 atom stereocenters. The molecule has 0 bridgehead atoms. The highest BCUT2D eigenvalue weighted by Gasteiger charge is 2.12. The molecule has 1 unspecified atom stereocenters. The summed E-state index contributed by atoms with van der Waals surface area (Å²) in [5, 5.41) is 0. The molecule has 1 nitrogen and oxygen atoms in total. The fourth-order valence-corrected chi connectivity index (χ4v) is 1.44. The van der Waals surface area contributed by atoms with Crippen molar-refractivity contribution < 1.29 is 0 Å². The third-order valence-electron chi connectivity index (χ3n) is 2.69. The monoisotopic (exact) mass is 169 g/mol. The molecule has 72 valence electrons. The van der Waals surface area contributed by atoms with Crippen LogP contribution in [-0.4, -0.2) is 6.54 Å². The van der Waals surface area contributed by atoms with Gasteiger partial charge in [0.2, 0.25) is 0 Å². The first-order chi connectivity index (χ1) is 5.76. The molecular formula is C11H23N. The second-order valence-electron chi connectivity index (χ2n) is 3.53. The highest BCUT2D eigenvalue weighted by Crippen LogP contribution is 2.19. The van der Waals surface area contributed by atoms with Gasteiger partial charge in [0, 0.05) is 0 Å². The molecule has 0 radical (unpaired) electrons. The summed E-state index contributed by atoms with van der Waals surface area (Å²) in [6.45, 7) is 7.45. The Labute approximate surface area is 77.0 Å². The maximum Gasteiger partial charge on any atom is -0.00462 e. The highest BCUT2D eigenvalue weighted by molar-refractivity contribution is 4.79. The van der Waals surface area contributed by atoms with Crippen LogP contribution in [0.2, 0.25) is 0 Å². The minimum atomic E-state index is 0.714. The summed E-state index contributed by atoms with van der Waals surface area (Å²) in [7, 11) is 0. The molecule has 0 heterocycles. The molecule has 0 rings (SSSR count). The van der Waals surface area contributed by atoms with Crippen LogP contribution in [0, 0.1) is 11.8 Å². The maximum absolute atomic E-state index is 5.71. The average Bonchev–Trinajstić information content (AvgIpc) is 2.11. The van der Waals surface area contributed by atoms with Crippen molar-refractivity contribution in [1.29, 1.82) is 0 Å². The maximum atomic E-state index is 5.71. The van der Waals surface area contributed by atoms with Crippen LogP contribution in [0.4, 0.5) is 0 Å². The Balaban J connectivity index is 3.66. The lowest BCUT2D eigenvalue weighted by atomic mass is 9.88. The summed E-state index contributed by atoms with van der Waals surface area (Å²) in [6.07, 6.45) is 8.02. The van der Waals surface area contributed by atoms with Gasteiger partial charge in [0.05, 0.1) is 0 Å². The van der Waals surface area contributed by atoms with Gasteiger partial charge < -0.3 is 5.73 Å². The van der Waals surface area contributed by atoms with E-state index < -0.39 is 0 Å². The largest absolute Gasteiger partial charge is 0.330 e. The molecule has 0 aliphatic heterocycles. The van der Waals surface area contributed by atoms with Crippen molar-refractivity contribution in [1.82, 2.24) is 0 Å². The Morgan fingerprint density at radius 3 is 2.50 bits per heavy atom. The van der Waals surface area contributed by atoms with Crippen molar-refractivity contribution in [3.8, 4) is 0 Å². The fourth-order valence-electron chi connectivity index (χ4n) is 1.44. The predicted molar refractivity (Wildman–Crippen MR) is 56.0 cm³/mol. The molecular weight excluding hydrogens is 146 g/mol. The van der Waals surface area contributed by atoms with Crippen LogP contribution < -0.4 is 5.73 Å². The van der Waals surface area contributed by atoms with E-state index in [9.17, 15) is 0 Å². The Bertz CT molecular complexity index is 118. The lowest BCUT2D eigenvalue weighted by Gasteiger charge is -2.20. The first kappa shape index (κ1) is 11.7. The predicted octanol–water partition coefficient (Wildman–Crippen LogP) is 2.96. The number of allylic oxidation sites excluding steroid dienone is 2. The van der Waals surface area contributed by atoms with E-state index in [-0.39, 0.29) is 0 Å². The lowest BCUT2D eigenvalue weighted by Crippen LogP contribution is -2.20. The first-order valence-corrected chi connectivity index (χ1v) is 5.07. The Kier molecular flexibility index (Phi) is 7.17. The molecule has 0 saturated heterocycles. The van der Waals surface area contributed by atoms with Gasteiger partial charge in [-0.05, 0) is 38.1 Å². The van der Waals surface area contributed by atoms with Gasteiger partial charge in [0.25, 0.3) is 0 Å². The van der Waals surface area contributed by atoms with Gasteiger partial charge in [-0.3, -0.25) is 0 Å². The molecule has 0 aliphatic carbocycles. The molecule has 0 spiro atoms. The van der Waals surface area contributed by atoms with Crippen LogP contribution in [-0.2, 0) is 0 Å². The zero-order chi connectivity index (χ0) is 9.40. The summed E-state index contributed by atoms with van der Waals surface area (Å²) in [4.78, 5) is 0. The fraction of sp³-hybridized carbons (Fsp3) is 0.818. The second-order valence-corrected chi connectivity index (χ2v) is 3.53. The Morgan fingerprint density at radius 1 is 1.42 bits per heavy atom. The Morgan fingerprint density at radius 2 is 2.08 bits per heavy atom. The molecule has 0 aromatic rings. The summed E-state index contributed by atoms with van der Waals surface area (Å²) < 4.78 is 0. The van der Waals surface area contributed by atoms with Gasteiger partial charge in [-0.2, -0.15) is 0 Å². The molecule has 0 amide bonds. The van der Waals surface area contributed by atoms with Crippen LogP contribution in [0.1, 0.15) is 40.0 Å². The van der Waals surface area contributed by atoms with E-state index in [1.807, 2.05) is 0 Å². The summed E-state index contributed by atoms with van der Waals surface area (Å²) in [5.74, 6) is 1.49. The molecule has 0 aromatic carbocycles. The van der Waals surface area contributed by atoms with Crippen LogP contribution in [0.15, 0.2) is 12.2 Å². The van der Waals surface area contributed by atoms with Gasteiger partial charge in [-0.1, -0.05) is 32.4 Å². The van der Waals surface area contributed by atoms with Crippen LogP contribution >= 0.6 is 0 Å². The van der Waals surface area contributed by atoms with E-state index >= 15 is 0 Å². The lowest BCUT2D eigenvalue weighted by molar-refractivity contribution is 0.337. The van der Waals surface area contributed by atoms with Crippen LogP contribution in [0.25, 0.3) is 0 Å². The third kappa shape index (κ3) is 4.55. The standard InChI is InChI=1S/C11H23N/c1-4-6-7-8-11(9-12)10(3)5-2/h4,6,10-11H,5,7-9,12H2,1-3H3/b6-4-/t10-,11?/m1/s1. The number of rotatable bonds is 6. The van der Waals surface area contributed by atoms with Crippen molar-refractivity contribution >= 4 is 0 Å². The van der Waals surface area contributed by atoms with E-state index in [1.165, 1.54) is 19.3 Å². The zero-order valence-electron chi connectivity index (χ0n) is 8.72. The van der Waals surface area contributed by atoms with Crippen molar-refractivity contribution in [3.05, 3.63) is 12.2 Å². The van der Waals surface area contributed by atoms with E-state index in [0.717, 1.165) is 12.5 Å². The van der Waals surface area contributed by atoms with Gasteiger partial charge in [-0.15, -0.1) is 0 Å². The highest BCUT2D eigenvalue weighted by atomic mass is 14.6. The van der Waals surface area contributed by atoms with Crippen molar-refractivity contribution in [3.63, 3.8) is 0 Å². The molecule has 0 fully saturated rings. The molecule has 0 saturated carbocycles. The molecule has 12 heavy (non-hydrogen) atoms. The van der Waals surface area contributed by atoms with Crippen LogP contribution in [0.5, 0.6) is 0 Å². The van der Waals surface area contributed by atoms with Crippen molar-refractivity contribution in [2.75, 3.05) is 6.54 Å². The molecule has 1 heteroatoms. The smallest absolute Gasteiger partial charge is 0.00462 e. The van der Waals surface area contributed by atoms with E-state index in [4.69, 9.17) is 5.73 Å². The zero-order valence-corrected chi connectivity index (χ0v) is 8.72. The SMILES string of the molecule is C/C=C\CCC(CN)[C@H](C)CC. The quantitative estimate of drug-likeness (QED) is 0.608. The Hall–Kier alpha value is -0.300. The molecule has 0 aliphatic rings. The number of hydrogen-bond acceptors (Lipinski definition) is 1. The van der Waals surface area contributed by atoms with Gasteiger partial charge in [0.1, 0.15) is 0 Å². The van der Waals surface area contributed by atoms with E-state index in [1.54, 1.807) is 0 Å². The summed E-state index contributed by atoms with van der Waals surface area (Å²) >= 11 is 0. The minimum absolute atomic E-state index is 0.714. The number of hydrogen-bond donors (Lipinski definition) is 1. The number of nitrogens with two attached hydrogens (primary N) is 1. The van der Waals surface area contributed by atoms with Crippen molar-refractivity contribution in [2.45, 2.75) is 40.0 Å². The topological polar surface area (TPSA) is 26.0 Å². The summed E-state index contributed by atoms with van der Waals surface area (Å²) in [6, 6.07) is 0. The third-order valence-corrected chi connectivity index (χ3v) is 2.69. The molecule has 0 aromatic heterocycles. The normalized spacial score (nSPS) is 16.7. The van der Waals surface area contributed by atoms with Crippen LogP contribution in [0.3, 0.4) is 0 Å². The second kappa shape index (κ2) is 7.35. The summed E-state index contributed by atoms with van der Waals surface area (Å²) in [5.41, 5.74) is 5.71. The van der Waals surface area contributed by atoms with Gasteiger partial charge in [-0.25, -0.2) is 0 Å². The van der Waals surface area contributed by atoms with E-state index in [0.29, 0.717) is 5.92 Å². The first-order valence-electron chi connectivity index (χ1n) is 5.07. The average molecular weight is 169 g/mol. The minimum Gasteiger partial charge on any atom is -0.330 e. The van der Waals surface area contributed by atoms with E-state index in [2.05, 4.69) is 32.9 Å². The van der Waals surface area contributed by atoms with Gasteiger partial charge in [0.15, 0.2) is 0 Å². The van der Waals surface area contributed by atoms with Crippen molar-refractivity contribution in [2.24, 2.45) is 17.6 Å².